The molecule has 5 nitrogen and oxygen atoms in total. The van der Waals surface area contributed by atoms with Gasteiger partial charge in [0.1, 0.15) is 0 Å². The number of hydrogen-bond donors (Lipinski definition) is 2. The molecule has 1 amide bonds. The average Bonchev–Trinajstić information content (AvgIpc) is 2.75. The van der Waals surface area contributed by atoms with Gasteiger partial charge in [-0.3, -0.25) is 9.59 Å². The molecule has 0 bridgehead atoms. The molecule has 0 radical (unpaired) electrons. The van der Waals surface area contributed by atoms with Crippen LogP contribution in [0.15, 0.2) is 0 Å². The fourth-order valence-corrected chi connectivity index (χ4v) is 2.33. The first-order valence-corrected chi connectivity index (χ1v) is 6.75. The third kappa shape index (κ3) is 5.04. The van der Waals surface area contributed by atoms with Crippen molar-refractivity contribution < 1.29 is 14.7 Å². The Balaban J connectivity index is 2.39. The van der Waals surface area contributed by atoms with E-state index in [0.717, 1.165) is 19.4 Å². The van der Waals surface area contributed by atoms with Crippen LogP contribution in [0.3, 0.4) is 0 Å². The SMILES string of the molecule is CC(C)N(CCCC(=O)O)C(=O)CC1CCCN1. The average molecular weight is 256 g/mol. The van der Waals surface area contributed by atoms with Crippen LogP contribution >= 0.6 is 0 Å². The van der Waals surface area contributed by atoms with E-state index >= 15 is 0 Å². The highest BCUT2D eigenvalue weighted by atomic mass is 16.4. The Labute approximate surface area is 109 Å². The minimum atomic E-state index is -0.802. The summed E-state index contributed by atoms with van der Waals surface area (Å²) < 4.78 is 0. The lowest BCUT2D eigenvalue weighted by Crippen LogP contribution is -2.40. The molecular weight excluding hydrogens is 232 g/mol. The minimum absolute atomic E-state index is 0.123. The summed E-state index contributed by atoms with van der Waals surface area (Å²) in [6, 6.07) is 0.436. The van der Waals surface area contributed by atoms with Gasteiger partial charge in [0, 0.05) is 31.5 Å². The zero-order valence-electron chi connectivity index (χ0n) is 11.3. The van der Waals surface area contributed by atoms with Gasteiger partial charge in [-0.25, -0.2) is 0 Å². The van der Waals surface area contributed by atoms with Gasteiger partial charge >= 0.3 is 5.97 Å². The van der Waals surface area contributed by atoms with Crippen LogP contribution in [0.1, 0.15) is 46.0 Å². The third-order valence-corrected chi connectivity index (χ3v) is 3.32. The molecule has 1 heterocycles. The minimum Gasteiger partial charge on any atom is -0.481 e. The Hall–Kier alpha value is -1.10. The molecule has 1 aliphatic heterocycles. The van der Waals surface area contributed by atoms with Crippen molar-refractivity contribution in [1.29, 1.82) is 0 Å². The number of aliphatic carboxylic acids is 1. The maximum absolute atomic E-state index is 12.2. The van der Waals surface area contributed by atoms with E-state index in [0.29, 0.717) is 25.4 Å². The highest BCUT2D eigenvalue weighted by molar-refractivity contribution is 5.77. The molecule has 2 N–H and O–H groups in total. The molecule has 0 saturated carbocycles. The normalized spacial score (nSPS) is 19.2. The molecule has 104 valence electrons. The highest BCUT2D eigenvalue weighted by Crippen LogP contribution is 2.12. The Kier molecular flexibility index (Phi) is 6.12. The maximum Gasteiger partial charge on any atom is 0.303 e. The van der Waals surface area contributed by atoms with Gasteiger partial charge in [0.15, 0.2) is 0 Å². The summed E-state index contributed by atoms with van der Waals surface area (Å²) in [7, 11) is 0. The van der Waals surface area contributed by atoms with Crippen molar-refractivity contribution in [3.8, 4) is 0 Å². The first kappa shape index (κ1) is 15.0. The number of carboxylic acids is 1. The van der Waals surface area contributed by atoms with Crippen LogP contribution in [0.4, 0.5) is 0 Å². The monoisotopic (exact) mass is 256 g/mol. The molecule has 1 saturated heterocycles. The summed E-state index contributed by atoms with van der Waals surface area (Å²) in [5, 5.41) is 11.9. The number of carbonyl (C=O) groups excluding carboxylic acids is 1. The first-order valence-electron chi connectivity index (χ1n) is 6.75. The summed E-state index contributed by atoms with van der Waals surface area (Å²) in [5.74, 6) is -0.668. The van der Waals surface area contributed by atoms with Crippen molar-refractivity contribution in [3.05, 3.63) is 0 Å². The van der Waals surface area contributed by atoms with Crippen molar-refractivity contribution in [2.75, 3.05) is 13.1 Å². The molecule has 18 heavy (non-hydrogen) atoms. The molecule has 1 atom stereocenters. The summed E-state index contributed by atoms with van der Waals surface area (Å²) in [4.78, 5) is 24.4. The maximum atomic E-state index is 12.2. The highest BCUT2D eigenvalue weighted by Gasteiger charge is 2.23. The second-order valence-corrected chi connectivity index (χ2v) is 5.18. The molecule has 1 unspecified atom stereocenters. The molecule has 0 aromatic heterocycles. The number of nitrogens with zero attached hydrogens (tertiary/aromatic N) is 1. The van der Waals surface area contributed by atoms with Gasteiger partial charge in [0.2, 0.25) is 5.91 Å². The van der Waals surface area contributed by atoms with Crippen molar-refractivity contribution in [2.45, 2.75) is 58.0 Å². The first-order chi connectivity index (χ1) is 8.50. The molecule has 1 rings (SSSR count). The van der Waals surface area contributed by atoms with E-state index in [4.69, 9.17) is 5.11 Å². The van der Waals surface area contributed by atoms with Crippen LogP contribution in [0, 0.1) is 0 Å². The summed E-state index contributed by atoms with van der Waals surface area (Å²) in [6.45, 7) is 5.48. The molecule has 0 spiro atoms. The Morgan fingerprint density at radius 2 is 2.17 bits per heavy atom. The lowest BCUT2D eigenvalue weighted by Gasteiger charge is -2.28. The largest absolute Gasteiger partial charge is 0.481 e. The Morgan fingerprint density at radius 3 is 2.67 bits per heavy atom. The third-order valence-electron chi connectivity index (χ3n) is 3.32. The second kappa shape index (κ2) is 7.36. The lowest BCUT2D eigenvalue weighted by atomic mass is 10.1. The number of rotatable bonds is 7. The number of amides is 1. The topological polar surface area (TPSA) is 69.6 Å². The van der Waals surface area contributed by atoms with Crippen molar-refractivity contribution in [3.63, 3.8) is 0 Å². The van der Waals surface area contributed by atoms with E-state index in [-0.39, 0.29) is 18.4 Å². The van der Waals surface area contributed by atoms with Crippen LogP contribution in [-0.2, 0) is 9.59 Å². The zero-order valence-corrected chi connectivity index (χ0v) is 11.3. The van der Waals surface area contributed by atoms with Gasteiger partial charge in [-0.1, -0.05) is 0 Å². The molecule has 1 aliphatic rings. The van der Waals surface area contributed by atoms with Crippen LogP contribution in [0.25, 0.3) is 0 Å². The van der Waals surface area contributed by atoms with Gasteiger partial charge < -0.3 is 15.3 Å². The predicted octanol–water partition coefficient (Wildman–Crippen LogP) is 1.23. The van der Waals surface area contributed by atoms with E-state index in [9.17, 15) is 9.59 Å². The van der Waals surface area contributed by atoms with Gasteiger partial charge in [-0.15, -0.1) is 0 Å². The fourth-order valence-electron chi connectivity index (χ4n) is 2.33. The summed E-state index contributed by atoms with van der Waals surface area (Å²) >= 11 is 0. The van der Waals surface area contributed by atoms with E-state index in [1.165, 1.54) is 0 Å². The van der Waals surface area contributed by atoms with Gasteiger partial charge in [0.25, 0.3) is 0 Å². The summed E-state index contributed by atoms with van der Waals surface area (Å²) in [6.07, 6.45) is 3.38. The summed E-state index contributed by atoms with van der Waals surface area (Å²) in [5.41, 5.74) is 0. The van der Waals surface area contributed by atoms with Crippen LogP contribution in [-0.4, -0.2) is 47.1 Å². The van der Waals surface area contributed by atoms with E-state index in [1.807, 2.05) is 13.8 Å². The molecule has 0 aromatic rings. The van der Waals surface area contributed by atoms with Crippen LogP contribution in [0.2, 0.25) is 0 Å². The van der Waals surface area contributed by atoms with Gasteiger partial charge in [-0.05, 0) is 39.7 Å². The molecule has 0 aliphatic carbocycles. The predicted molar refractivity (Wildman–Crippen MR) is 69.4 cm³/mol. The number of nitrogens with one attached hydrogen (secondary N) is 1. The lowest BCUT2D eigenvalue weighted by molar-refractivity contribution is -0.138. The fraction of sp³-hybridized carbons (Fsp3) is 0.846. The van der Waals surface area contributed by atoms with E-state index in [2.05, 4.69) is 5.32 Å². The van der Waals surface area contributed by atoms with Gasteiger partial charge in [0.05, 0.1) is 0 Å². The van der Waals surface area contributed by atoms with Crippen LogP contribution in [0.5, 0.6) is 0 Å². The quantitative estimate of drug-likeness (QED) is 0.719. The zero-order chi connectivity index (χ0) is 13.5. The standard InChI is InChI=1S/C13H24N2O3/c1-10(2)15(8-4-6-13(17)18)12(16)9-11-5-3-7-14-11/h10-11,14H,3-9H2,1-2H3,(H,17,18). The number of hydrogen-bond acceptors (Lipinski definition) is 3. The molecule has 0 aromatic carbocycles. The van der Waals surface area contributed by atoms with E-state index in [1.54, 1.807) is 4.90 Å². The van der Waals surface area contributed by atoms with Crippen molar-refractivity contribution >= 4 is 11.9 Å². The Bertz CT molecular complexity index is 286. The Morgan fingerprint density at radius 1 is 1.44 bits per heavy atom. The van der Waals surface area contributed by atoms with Crippen molar-refractivity contribution in [1.82, 2.24) is 10.2 Å². The smallest absolute Gasteiger partial charge is 0.303 e. The van der Waals surface area contributed by atoms with Crippen LogP contribution < -0.4 is 5.32 Å². The molecule has 1 fully saturated rings. The molecule has 5 heteroatoms. The molecular formula is C13H24N2O3. The second-order valence-electron chi connectivity index (χ2n) is 5.18. The number of carboxylic acid groups (broad SMARTS) is 1. The van der Waals surface area contributed by atoms with E-state index < -0.39 is 5.97 Å². The number of carbonyl (C=O) groups is 2. The van der Waals surface area contributed by atoms with Gasteiger partial charge in [-0.2, -0.15) is 0 Å². The van der Waals surface area contributed by atoms with Crippen molar-refractivity contribution in [2.24, 2.45) is 0 Å².